The molecule has 0 radical (unpaired) electrons. The minimum absolute atomic E-state index is 0.881. The first kappa shape index (κ1) is 14.2. The van der Waals surface area contributed by atoms with Crippen LogP contribution in [0, 0.1) is 6.92 Å². The van der Waals surface area contributed by atoms with Crippen molar-refractivity contribution in [3.05, 3.63) is 39.7 Å². The van der Waals surface area contributed by atoms with Crippen molar-refractivity contribution in [3.8, 4) is 11.3 Å². The summed E-state index contributed by atoms with van der Waals surface area (Å²) in [5, 5.41) is 4.59. The molecule has 3 heteroatoms. The molecule has 0 spiro atoms. The number of aromatic nitrogens is 1. The zero-order valence-electron chi connectivity index (χ0n) is 12.0. The van der Waals surface area contributed by atoms with E-state index in [1.54, 1.807) is 11.3 Å². The first-order valence-corrected chi connectivity index (χ1v) is 7.82. The van der Waals surface area contributed by atoms with Gasteiger partial charge in [0.25, 0.3) is 0 Å². The Hall–Kier alpha value is -1.19. The van der Waals surface area contributed by atoms with Crippen LogP contribution in [0.4, 0.5) is 0 Å². The normalized spacial score (nSPS) is 10.9. The Balaban J connectivity index is 2.14. The number of hydrogen-bond acceptors (Lipinski definition) is 3. The lowest BCUT2D eigenvalue weighted by molar-refractivity contribution is 0.673. The molecule has 0 atom stereocenters. The number of thiazole rings is 1. The van der Waals surface area contributed by atoms with Gasteiger partial charge in [0, 0.05) is 17.0 Å². The number of nitrogens with zero attached hydrogens (tertiary/aromatic N) is 1. The molecular formula is C16H22N2S. The Kier molecular flexibility index (Phi) is 5.11. The quantitative estimate of drug-likeness (QED) is 0.799. The maximum Gasteiger partial charge on any atom is 0.107 e. The molecule has 0 aliphatic rings. The third kappa shape index (κ3) is 3.64. The predicted molar refractivity (Wildman–Crippen MR) is 83.7 cm³/mol. The molecule has 1 aromatic heterocycles. The molecule has 1 heterocycles. The number of aryl methyl sites for hydroxylation is 2. The maximum absolute atomic E-state index is 4.76. The van der Waals surface area contributed by atoms with Crippen molar-refractivity contribution >= 4 is 11.3 Å². The number of rotatable bonds is 6. The van der Waals surface area contributed by atoms with Crippen molar-refractivity contribution in [1.82, 2.24) is 10.3 Å². The molecule has 2 rings (SSSR count). The van der Waals surface area contributed by atoms with Crippen LogP contribution in [0.25, 0.3) is 11.3 Å². The molecule has 1 aromatic carbocycles. The van der Waals surface area contributed by atoms with Gasteiger partial charge in [-0.2, -0.15) is 0 Å². The SMILES string of the molecule is CCCNCc1nc(-c2ccc(CC)cc2)c(C)s1. The smallest absolute Gasteiger partial charge is 0.107 e. The van der Waals surface area contributed by atoms with E-state index in [9.17, 15) is 0 Å². The molecule has 2 nitrogen and oxygen atoms in total. The summed E-state index contributed by atoms with van der Waals surface area (Å²) in [6.07, 6.45) is 2.25. The zero-order valence-corrected chi connectivity index (χ0v) is 12.8. The summed E-state index contributed by atoms with van der Waals surface area (Å²) in [4.78, 5) is 6.07. The largest absolute Gasteiger partial charge is 0.310 e. The predicted octanol–water partition coefficient (Wildman–Crippen LogP) is 4.18. The topological polar surface area (TPSA) is 24.9 Å². The third-order valence-electron chi connectivity index (χ3n) is 3.18. The summed E-state index contributed by atoms with van der Waals surface area (Å²) >= 11 is 1.80. The zero-order chi connectivity index (χ0) is 13.7. The van der Waals surface area contributed by atoms with Gasteiger partial charge in [-0.25, -0.2) is 4.98 Å². The van der Waals surface area contributed by atoms with Gasteiger partial charge in [-0.15, -0.1) is 11.3 Å². The Morgan fingerprint density at radius 3 is 2.53 bits per heavy atom. The van der Waals surface area contributed by atoms with Crippen molar-refractivity contribution in [2.24, 2.45) is 0 Å². The summed E-state index contributed by atoms with van der Waals surface area (Å²) in [5.41, 5.74) is 3.75. The van der Waals surface area contributed by atoms with Crippen LogP contribution < -0.4 is 5.32 Å². The molecule has 0 unspecified atom stereocenters. The van der Waals surface area contributed by atoms with Gasteiger partial charge in [0.2, 0.25) is 0 Å². The van der Waals surface area contributed by atoms with E-state index in [1.807, 2.05) is 0 Å². The van der Waals surface area contributed by atoms with Crippen molar-refractivity contribution in [2.75, 3.05) is 6.54 Å². The summed E-state index contributed by atoms with van der Waals surface area (Å²) in [6.45, 7) is 8.46. The van der Waals surface area contributed by atoms with Crippen LogP contribution in [-0.2, 0) is 13.0 Å². The van der Waals surface area contributed by atoms with Gasteiger partial charge < -0.3 is 5.32 Å². The van der Waals surface area contributed by atoms with Crippen LogP contribution in [0.5, 0.6) is 0 Å². The molecule has 0 aliphatic heterocycles. The summed E-state index contributed by atoms with van der Waals surface area (Å²) in [5.74, 6) is 0. The van der Waals surface area contributed by atoms with E-state index in [4.69, 9.17) is 4.98 Å². The summed E-state index contributed by atoms with van der Waals surface area (Å²) in [7, 11) is 0. The molecule has 0 bridgehead atoms. The minimum Gasteiger partial charge on any atom is -0.310 e. The Bertz CT molecular complexity index is 514. The molecule has 0 saturated heterocycles. The second-order valence-electron chi connectivity index (χ2n) is 4.74. The summed E-state index contributed by atoms with van der Waals surface area (Å²) in [6, 6.07) is 8.76. The highest BCUT2D eigenvalue weighted by Gasteiger charge is 2.09. The van der Waals surface area contributed by atoms with E-state index >= 15 is 0 Å². The molecule has 0 saturated carbocycles. The molecule has 0 fully saturated rings. The highest BCUT2D eigenvalue weighted by atomic mass is 32.1. The van der Waals surface area contributed by atoms with E-state index in [0.717, 1.165) is 31.6 Å². The lowest BCUT2D eigenvalue weighted by Gasteiger charge is -2.01. The fourth-order valence-corrected chi connectivity index (χ4v) is 2.99. The van der Waals surface area contributed by atoms with E-state index < -0.39 is 0 Å². The number of nitrogens with one attached hydrogen (secondary N) is 1. The Labute approximate surface area is 119 Å². The van der Waals surface area contributed by atoms with Crippen molar-refractivity contribution in [3.63, 3.8) is 0 Å². The van der Waals surface area contributed by atoms with E-state index in [0.29, 0.717) is 0 Å². The molecular weight excluding hydrogens is 252 g/mol. The van der Waals surface area contributed by atoms with Crippen molar-refractivity contribution in [1.29, 1.82) is 0 Å². The van der Waals surface area contributed by atoms with Gasteiger partial charge in [-0.3, -0.25) is 0 Å². The monoisotopic (exact) mass is 274 g/mol. The van der Waals surface area contributed by atoms with Gasteiger partial charge >= 0.3 is 0 Å². The summed E-state index contributed by atoms with van der Waals surface area (Å²) < 4.78 is 0. The van der Waals surface area contributed by atoms with Gasteiger partial charge in [-0.05, 0) is 31.9 Å². The van der Waals surface area contributed by atoms with Gasteiger partial charge in [0.1, 0.15) is 5.01 Å². The van der Waals surface area contributed by atoms with E-state index in [1.165, 1.54) is 21.0 Å². The van der Waals surface area contributed by atoms with Crippen molar-refractivity contribution < 1.29 is 0 Å². The Morgan fingerprint density at radius 1 is 1.16 bits per heavy atom. The van der Waals surface area contributed by atoms with Crippen LogP contribution >= 0.6 is 11.3 Å². The lowest BCUT2D eigenvalue weighted by Crippen LogP contribution is -2.13. The minimum atomic E-state index is 0.881. The third-order valence-corrected chi connectivity index (χ3v) is 4.15. The van der Waals surface area contributed by atoms with E-state index in [-0.39, 0.29) is 0 Å². The van der Waals surface area contributed by atoms with Crippen LogP contribution in [0.1, 0.15) is 35.7 Å². The highest BCUT2D eigenvalue weighted by molar-refractivity contribution is 7.12. The molecule has 2 aromatic rings. The number of benzene rings is 1. The molecule has 102 valence electrons. The van der Waals surface area contributed by atoms with Gasteiger partial charge in [0.05, 0.1) is 5.69 Å². The maximum atomic E-state index is 4.76. The first-order valence-electron chi connectivity index (χ1n) is 7.01. The average Bonchev–Trinajstić information content (AvgIpc) is 2.80. The van der Waals surface area contributed by atoms with Gasteiger partial charge in [-0.1, -0.05) is 38.1 Å². The second kappa shape index (κ2) is 6.83. The van der Waals surface area contributed by atoms with Crippen LogP contribution in [0.15, 0.2) is 24.3 Å². The molecule has 0 aliphatic carbocycles. The van der Waals surface area contributed by atoms with Crippen LogP contribution in [0.2, 0.25) is 0 Å². The van der Waals surface area contributed by atoms with E-state index in [2.05, 4.69) is 50.4 Å². The van der Waals surface area contributed by atoms with Crippen molar-refractivity contribution in [2.45, 2.75) is 40.2 Å². The lowest BCUT2D eigenvalue weighted by atomic mass is 10.1. The fourth-order valence-electron chi connectivity index (χ4n) is 2.07. The fraction of sp³-hybridized carbons (Fsp3) is 0.438. The molecule has 19 heavy (non-hydrogen) atoms. The Morgan fingerprint density at radius 2 is 1.89 bits per heavy atom. The van der Waals surface area contributed by atoms with Crippen LogP contribution in [0.3, 0.4) is 0 Å². The average molecular weight is 274 g/mol. The molecule has 0 amide bonds. The van der Waals surface area contributed by atoms with Crippen LogP contribution in [-0.4, -0.2) is 11.5 Å². The van der Waals surface area contributed by atoms with Gasteiger partial charge in [0.15, 0.2) is 0 Å². The first-order chi connectivity index (χ1) is 9.24. The standard InChI is InChI=1S/C16H22N2S/c1-4-10-17-11-15-18-16(12(3)19-15)14-8-6-13(5-2)7-9-14/h6-9,17H,4-5,10-11H2,1-3H3. The second-order valence-corrected chi connectivity index (χ2v) is 6.03. The number of hydrogen-bond donors (Lipinski definition) is 1. The molecule has 1 N–H and O–H groups in total. The highest BCUT2D eigenvalue weighted by Crippen LogP contribution is 2.27.